The number of aliphatic carboxylic acids is 1. The largest absolute Gasteiger partial charge is 0.480 e. The van der Waals surface area contributed by atoms with Crippen LogP contribution in [0.4, 0.5) is 0 Å². The molecule has 0 aliphatic heterocycles. The summed E-state index contributed by atoms with van der Waals surface area (Å²) in [5, 5.41) is 27.1. The minimum absolute atomic E-state index is 0.142. The van der Waals surface area contributed by atoms with Gasteiger partial charge in [0.2, 0.25) is 5.91 Å². The van der Waals surface area contributed by atoms with Crippen LogP contribution in [0.15, 0.2) is 12.4 Å². The van der Waals surface area contributed by atoms with E-state index in [4.69, 9.17) is 10.2 Å². The van der Waals surface area contributed by atoms with Crippen LogP contribution < -0.4 is 5.32 Å². The third-order valence-corrected chi connectivity index (χ3v) is 1.84. The average Bonchev–Trinajstić information content (AvgIpc) is 2.65. The molecular weight excluding hydrogens is 216 g/mol. The predicted molar refractivity (Wildman–Crippen MR) is 51.3 cm³/mol. The molecule has 8 nitrogen and oxygen atoms in total. The van der Waals surface area contributed by atoms with Crippen molar-refractivity contribution in [1.29, 1.82) is 0 Å². The summed E-state index contributed by atoms with van der Waals surface area (Å²) in [6.07, 6.45) is 1.70. The Morgan fingerprint density at radius 2 is 2.25 bits per heavy atom. The van der Waals surface area contributed by atoms with Crippen LogP contribution >= 0.6 is 0 Å². The van der Waals surface area contributed by atoms with Crippen LogP contribution in [-0.2, 0) is 16.1 Å². The van der Waals surface area contributed by atoms with Gasteiger partial charge in [-0.25, -0.2) is 9.48 Å². The van der Waals surface area contributed by atoms with E-state index in [0.29, 0.717) is 0 Å². The third-order valence-electron chi connectivity index (χ3n) is 1.84. The van der Waals surface area contributed by atoms with Crippen LogP contribution in [0.25, 0.3) is 0 Å². The molecule has 0 aliphatic rings. The Hall–Kier alpha value is -1.96. The molecule has 0 saturated heterocycles. The smallest absolute Gasteiger partial charge is 0.328 e. The van der Waals surface area contributed by atoms with Gasteiger partial charge in [-0.3, -0.25) is 4.79 Å². The molecule has 8 heteroatoms. The first-order chi connectivity index (χ1) is 7.50. The van der Waals surface area contributed by atoms with E-state index in [0.717, 1.165) is 0 Å². The van der Waals surface area contributed by atoms with Crippen molar-refractivity contribution in [2.75, 3.05) is 0 Å². The van der Waals surface area contributed by atoms with Gasteiger partial charge in [-0.2, -0.15) is 0 Å². The van der Waals surface area contributed by atoms with Gasteiger partial charge in [0.25, 0.3) is 0 Å². The molecule has 2 atom stereocenters. The van der Waals surface area contributed by atoms with Gasteiger partial charge >= 0.3 is 5.97 Å². The normalized spacial score (nSPS) is 14.1. The molecule has 1 aromatic rings. The standard InChI is InChI=1S/C8H12N4O4/c1-5(13)7(8(15)16)10-6(14)4-12-3-2-9-11-12/h2-3,5,7,13H,4H2,1H3,(H,10,14)(H,15,16). The van der Waals surface area contributed by atoms with Gasteiger partial charge in [0.1, 0.15) is 6.54 Å². The van der Waals surface area contributed by atoms with E-state index in [1.54, 1.807) is 0 Å². The Bertz CT molecular complexity index is 362. The number of aromatic nitrogens is 3. The quantitative estimate of drug-likeness (QED) is 0.549. The Balaban J connectivity index is 2.52. The van der Waals surface area contributed by atoms with Crippen molar-refractivity contribution in [3.63, 3.8) is 0 Å². The molecule has 1 heterocycles. The van der Waals surface area contributed by atoms with Crippen molar-refractivity contribution in [1.82, 2.24) is 20.3 Å². The molecule has 0 saturated carbocycles. The molecule has 16 heavy (non-hydrogen) atoms. The molecule has 0 aromatic carbocycles. The van der Waals surface area contributed by atoms with Crippen molar-refractivity contribution in [2.45, 2.75) is 25.6 Å². The molecule has 2 unspecified atom stereocenters. The summed E-state index contributed by atoms with van der Waals surface area (Å²) >= 11 is 0. The number of hydrogen-bond donors (Lipinski definition) is 3. The summed E-state index contributed by atoms with van der Waals surface area (Å²) < 4.78 is 1.25. The average molecular weight is 228 g/mol. The number of rotatable bonds is 5. The van der Waals surface area contributed by atoms with Gasteiger partial charge in [0, 0.05) is 6.20 Å². The highest BCUT2D eigenvalue weighted by Gasteiger charge is 2.24. The first-order valence-electron chi connectivity index (χ1n) is 4.55. The van der Waals surface area contributed by atoms with E-state index >= 15 is 0 Å². The van der Waals surface area contributed by atoms with Crippen LogP contribution in [-0.4, -0.2) is 49.2 Å². The third kappa shape index (κ3) is 3.31. The SMILES string of the molecule is CC(O)C(NC(=O)Cn1ccnn1)C(=O)O. The van der Waals surface area contributed by atoms with Gasteiger partial charge in [-0.1, -0.05) is 5.21 Å². The lowest BCUT2D eigenvalue weighted by molar-refractivity contribution is -0.144. The van der Waals surface area contributed by atoms with Gasteiger partial charge in [0.15, 0.2) is 6.04 Å². The molecule has 88 valence electrons. The van der Waals surface area contributed by atoms with Gasteiger partial charge < -0.3 is 15.5 Å². The van der Waals surface area contributed by atoms with Crippen LogP contribution in [0.2, 0.25) is 0 Å². The second-order valence-electron chi connectivity index (χ2n) is 3.22. The monoisotopic (exact) mass is 228 g/mol. The Morgan fingerprint density at radius 3 is 2.69 bits per heavy atom. The molecule has 0 bridgehead atoms. The van der Waals surface area contributed by atoms with E-state index in [2.05, 4.69) is 15.6 Å². The fourth-order valence-corrected chi connectivity index (χ4v) is 1.07. The molecular formula is C8H12N4O4. The Morgan fingerprint density at radius 1 is 1.56 bits per heavy atom. The van der Waals surface area contributed by atoms with Crippen LogP contribution in [0, 0.1) is 0 Å². The van der Waals surface area contributed by atoms with E-state index in [1.807, 2.05) is 0 Å². The highest BCUT2D eigenvalue weighted by atomic mass is 16.4. The lowest BCUT2D eigenvalue weighted by Crippen LogP contribution is -2.48. The number of carboxylic acids is 1. The summed E-state index contributed by atoms with van der Waals surface area (Å²) in [5.41, 5.74) is 0. The molecule has 1 aromatic heterocycles. The Labute approximate surface area is 90.9 Å². The molecule has 1 amide bonds. The summed E-state index contributed by atoms with van der Waals surface area (Å²) in [6, 6.07) is -1.32. The second-order valence-corrected chi connectivity index (χ2v) is 3.22. The zero-order valence-corrected chi connectivity index (χ0v) is 8.57. The van der Waals surface area contributed by atoms with E-state index < -0.39 is 24.0 Å². The number of nitrogens with one attached hydrogen (secondary N) is 1. The summed E-state index contributed by atoms with van der Waals surface area (Å²) in [6.45, 7) is 1.14. The number of carbonyl (C=O) groups excluding carboxylic acids is 1. The lowest BCUT2D eigenvalue weighted by Gasteiger charge is -2.16. The molecule has 0 aliphatic carbocycles. The van der Waals surface area contributed by atoms with E-state index in [9.17, 15) is 9.59 Å². The maximum absolute atomic E-state index is 11.4. The number of carboxylic acid groups (broad SMARTS) is 1. The Kier molecular flexibility index (Phi) is 3.95. The number of aliphatic hydroxyl groups is 1. The molecule has 0 fully saturated rings. The second kappa shape index (κ2) is 5.21. The minimum atomic E-state index is -1.32. The summed E-state index contributed by atoms with van der Waals surface area (Å²) in [4.78, 5) is 22.0. The fourth-order valence-electron chi connectivity index (χ4n) is 1.07. The first-order valence-corrected chi connectivity index (χ1v) is 4.55. The number of carbonyl (C=O) groups is 2. The highest BCUT2D eigenvalue weighted by molar-refractivity contribution is 5.83. The fraction of sp³-hybridized carbons (Fsp3) is 0.500. The van der Waals surface area contributed by atoms with E-state index in [1.165, 1.54) is 24.0 Å². The zero-order valence-electron chi connectivity index (χ0n) is 8.57. The molecule has 0 spiro atoms. The maximum Gasteiger partial charge on any atom is 0.328 e. The zero-order chi connectivity index (χ0) is 12.1. The minimum Gasteiger partial charge on any atom is -0.480 e. The molecule has 1 rings (SSSR count). The highest BCUT2D eigenvalue weighted by Crippen LogP contribution is 1.93. The van der Waals surface area contributed by atoms with Gasteiger partial charge in [0.05, 0.1) is 12.3 Å². The summed E-state index contributed by atoms with van der Waals surface area (Å²) in [7, 11) is 0. The van der Waals surface area contributed by atoms with Crippen molar-refractivity contribution in [2.24, 2.45) is 0 Å². The van der Waals surface area contributed by atoms with Crippen LogP contribution in [0.5, 0.6) is 0 Å². The van der Waals surface area contributed by atoms with Crippen LogP contribution in [0.3, 0.4) is 0 Å². The van der Waals surface area contributed by atoms with Crippen molar-refractivity contribution in [3.8, 4) is 0 Å². The first kappa shape index (κ1) is 12.1. The van der Waals surface area contributed by atoms with Gasteiger partial charge in [-0.15, -0.1) is 5.10 Å². The van der Waals surface area contributed by atoms with Crippen molar-refractivity contribution >= 4 is 11.9 Å². The maximum atomic E-state index is 11.4. The predicted octanol–water partition coefficient (Wildman–Crippen LogP) is -1.77. The number of aliphatic hydroxyl groups excluding tert-OH is 1. The van der Waals surface area contributed by atoms with Crippen molar-refractivity contribution in [3.05, 3.63) is 12.4 Å². The topological polar surface area (TPSA) is 117 Å². The number of hydrogen-bond acceptors (Lipinski definition) is 5. The number of nitrogens with zero attached hydrogens (tertiary/aromatic N) is 3. The summed E-state index contributed by atoms with van der Waals surface area (Å²) in [5.74, 6) is -1.85. The van der Waals surface area contributed by atoms with Crippen molar-refractivity contribution < 1.29 is 19.8 Å². The number of amides is 1. The molecule has 0 radical (unpaired) electrons. The van der Waals surface area contributed by atoms with E-state index in [-0.39, 0.29) is 6.54 Å². The lowest BCUT2D eigenvalue weighted by atomic mass is 10.2. The molecule has 3 N–H and O–H groups in total. The van der Waals surface area contributed by atoms with Gasteiger partial charge in [-0.05, 0) is 6.92 Å². The van der Waals surface area contributed by atoms with Crippen LogP contribution in [0.1, 0.15) is 6.92 Å².